The first-order chi connectivity index (χ1) is 8.96. The molecule has 0 spiro atoms. The fourth-order valence-electron chi connectivity index (χ4n) is 4.23. The van der Waals surface area contributed by atoms with Crippen molar-refractivity contribution in [2.24, 2.45) is 17.3 Å². The maximum atomic E-state index is 5.82. The maximum Gasteiger partial charge on any atom is 0.0576 e. The van der Waals surface area contributed by atoms with Gasteiger partial charge in [-0.1, -0.05) is 0 Å². The SMILES string of the molecule is CC(C)(C)NCC1(CCC2CCCO2)CC2CC2C1. The molecule has 2 aliphatic carbocycles. The fourth-order valence-corrected chi connectivity index (χ4v) is 4.23. The van der Waals surface area contributed by atoms with Crippen molar-refractivity contribution in [1.82, 2.24) is 5.32 Å². The molecule has 1 N–H and O–H groups in total. The van der Waals surface area contributed by atoms with E-state index in [9.17, 15) is 0 Å². The number of nitrogens with one attached hydrogen (secondary N) is 1. The lowest BCUT2D eigenvalue weighted by Gasteiger charge is -2.35. The number of fused-ring (bicyclic) bond motifs is 1. The predicted octanol–water partition coefficient (Wildman–Crippen LogP) is 3.75. The van der Waals surface area contributed by atoms with E-state index in [1.807, 2.05) is 0 Å². The Balaban J connectivity index is 1.54. The summed E-state index contributed by atoms with van der Waals surface area (Å²) in [5.74, 6) is 2.15. The second-order valence-corrected chi connectivity index (χ2v) is 8.44. The summed E-state index contributed by atoms with van der Waals surface area (Å²) in [5, 5.41) is 3.78. The summed E-state index contributed by atoms with van der Waals surface area (Å²) in [5.41, 5.74) is 0.844. The molecule has 1 heterocycles. The molecule has 0 amide bonds. The van der Waals surface area contributed by atoms with Gasteiger partial charge in [-0.05, 0) is 83.0 Å². The van der Waals surface area contributed by atoms with Crippen molar-refractivity contribution in [3.8, 4) is 0 Å². The van der Waals surface area contributed by atoms with Crippen molar-refractivity contribution >= 4 is 0 Å². The minimum atomic E-state index is 0.254. The van der Waals surface area contributed by atoms with Gasteiger partial charge in [-0.25, -0.2) is 0 Å². The van der Waals surface area contributed by atoms with Crippen LogP contribution in [0.5, 0.6) is 0 Å². The second kappa shape index (κ2) is 5.04. The van der Waals surface area contributed by atoms with Crippen LogP contribution in [0, 0.1) is 17.3 Å². The van der Waals surface area contributed by atoms with Gasteiger partial charge in [0.15, 0.2) is 0 Å². The Bertz CT molecular complexity index is 304. The third-order valence-corrected chi connectivity index (χ3v) is 5.47. The number of ether oxygens (including phenoxy) is 1. The van der Waals surface area contributed by atoms with Gasteiger partial charge in [0.05, 0.1) is 6.10 Å². The second-order valence-electron chi connectivity index (χ2n) is 8.44. The Morgan fingerprint density at radius 2 is 1.95 bits per heavy atom. The zero-order chi connectivity index (χ0) is 13.5. The van der Waals surface area contributed by atoms with Crippen molar-refractivity contribution in [2.45, 2.75) is 77.4 Å². The highest BCUT2D eigenvalue weighted by molar-refractivity contribution is 5.04. The molecule has 0 bridgehead atoms. The largest absolute Gasteiger partial charge is 0.378 e. The Kier molecular flexibility index (Phi) is 3.68. The summed E-state index contributed by atoms with van der Waals surface area (Å²) < 4.78 is 5.82. The average molecular weight is 265 g/mol. The van der Waals surface area contributed by atoms with Crippen LogP contribution in [0.2, 0.25) is 0 Å². The summed E-state index contributed by atoms with van der Waals surface area (Å²) in [6.07, 6.45) is 10.3. The molecule has 110 valence electrons. The molecule has 19 heavy (non-hydrogen) atoms. The first-order valence-electron chi connectivity index (χ1n) is 8.32. The van der Waals surface area contributed by atoms with E-state index in [-0.39, 0.29) is 5.54 Å². The lowest BCUT2D eigenvalue weighted by molar-refractivity contribution is 0.0834. The van der Waals surface area contributed by atoms with Gasteiger partial charge in [0.2, 0.25) is 0 Å². The Labute approximate surface area is 118 Å². The van der Waals surface area contributed by atoms with Gasteiger partial charge >= 0.3 is 0 Å². The molecule has 0 radical (unpaired) electrons. The molecule has 3 atom stereocenters. The van der Waals surface area contributed by atoms with E-state index in [0.717, 1.165) is 18.4 Å². The Hall–Kier alpha value is -0.0800. The third-order valence-electron chi connectivity index (χ3n) is 5.47. The van der Waals surface area contributed by atoms with Crippen molar-refractivity contribution < 1.29 is 4.74 Å². The highest BCUT2D eigenvalue weighted by Gasteiger charge is 2.53. The number of hydrogen-bond acceptors (Lipinski definition) is 2. The summed E-state index contributed by atoms with van der Waals surface area (Å²) in [6, 6.07) is 0. The van der Waals surface area contributed by atoms with Crippen molar-refractivity contribution in [3.05, 3.63) is 0 Å². The van der Waals surface area contributed by atoms with Crippen LogP contribution in [0.1, 0.15) is 65.7 Å². The number of hydrogen-bond donors (Lipinski definition) is 1. The first kappa shape index (κ1) is 13.9. The predicted molar refractivity (Wildman–Crippen MR) is 79.2 cm³/mol. The normalized spacial score (nSPS) is 41.5. The maximum absolute atomic E-state index is 5.82. The zero-order valence-corrected chi connectivity index (χ0v) is 13.0. The van der Waals surface area contributed by atoms with Gasteiger partial charge in [-0.2, -0.15) is 0 Å². The topological polar surface area (TPSA) is 21.3 Å². The van der Waals surface area contributed by atoms with E-state index < -0.39 is 0 Å². The van der Waals surface area contributed by atoms with E-state index in [4.69, 9.17) is 4.74 Å². The molecule has 1 aliphatic heterocycles. The van der Waals surface area contributed by atoms with Crippen LogP contribution in [0.3, 0.4) is 0 Å². The molecule has 0 aromatic heterocycles. The molecule has 1 saturated heterocycles. The summed E-state index contributed by atoms with van der Waals surface area (Å²) >= 11 is 0. The van der Waals surface area contributed by atoms with Gasteiger partial charge in [0.25, 0.3) is 0 Å². The van der Waals surface area contributed by atoms with Gasteiger partial charge in [0.1, 0.15) is 0 Å². The van der Waals surface area contributed by atoms with Crippen LogP contribution in [0.15, 0.2) is 0 Å². The minimum Gasteiger partial charge on any atom is -0.378 e. The fraction of sp³-hybridized carbons (Fsp3) is 1.00. The molecular formula is C17H31NO. The standard InChI is InChI=1S/C17H31NO/c1-16(2,3)18-12-17(10-13-9-14(13)11-17)7-6-15-5-4-8-19-15/h13-15,18H,4-12H2,1-3H3. The van der Waals surface area contributed by atoms with Crippen LogP contribution in [-0.2, 0) is 4.74 Å². The minimum absolute atomic E-state index is 0.254. The Morgan fingerprint density at radius 1 is 1.21 bits per heavy atom. The lowest BCUT2D eigenvalue weighted by atomic mass is 9.77. The van der Waals surface area contributed by atoms with E-state index in [1.165, 1.54) is 51.5 Å². The van der Waals surface area contributed by atoms with Crippen LogP contribution >= 0.6 is 0 Å². The Morgan fingerprint density at radius 3 is 2.53 bits per heavy atom. The van der Waals surface area contributed by atoms with Crippen LogP contribution in [0.4, 0.5) is 0 Å². The van der Waals surface area contributed by atoms with Crippen molar-refractivity contribution in [1.29, 1.82) is 0 Å². The van der Waals surface area contributed by atoms with E-state index >= 15 is 0 Å². The molecule has 2 nitrogen and oxygen atoms in total. The van der Waals surface area contributed by atoms with Gasteiger partial charge in [-0.3, -0.25) is 0 Å². The van der Waals surface area contributed by atoms with E-state index in [2.05, 4.69) is 26.1 Å². The molecule has 2 heteroatoms. The molecule has 0 aromatic rings. The molecule has 3 rings (SSSR count). The van der Waals surface area contributed by atoms with Gasteiger partial charge < -0.3 is 10.1 Å². The molecule has 3 fully saturated rings. The smallest absolute Gasteiger partial charge is 0.0576 e. The average Bonchev–Trinajstić information content (AvgIpc) is 2.82. The quantitative estimate of drug-likeness (QED) is 0.817. The molecule has 2 saturated carbocycles. The monoisotopic (exact) mass is 265 g/mol. The molecular weight excluding hydrogens is 234 g/mol. The first-order valence-corrected chi connectivity index (χ1v) is 8.32. The lowest BCUT2D eigenvalue weighted by Crippen LogP contribution is -2.43. The van der Waals surface area contributed by atoms with E-state index in [1.54, 1.807) is 0 Å². The van der Waals surface area contributed by atoms with Crippen molar-refractivity contribution in [3.63, 3.8) is 0 Å². The summed E-state index contributed by atoms with van der Waals surface area (Å²) in [6.45, 7) is 9.09. The molecule has 0 aromatic carbocycles. The summed E-state index contributed by atoms with van der Waals surface area (Å²) in [4.78, 5) is 0. The molecule has 3 aliphatic rings. The van der Waals surface area contributed by atoms with Crippen molar-refractivity contribution in [2.75, 3.05) is 13.2 Å². The van der Waals surface area contributed by atoms with Gasteiger partial charge in [-0.15, -0.1) is 0 Å². The highest BCUT2D eigenvalue weighted by atomic mass is 16.5. The highest BCUT2D eigenvalue weighted by Crippen LogP contribution is 2.61. The van der Waals surface area contributed by atoms with Crippen LogP contribution in [-0.4, -0.2) is 24.8 Å². The van der Waals surface area contributed by atoms with Crippen LogP contribution < -0.4 is 5.32 Å². The zero-order valence-electron chi connectivity index (χ0n) is 13.0. The summed E-state index contributed by atoms with van der Waals surface area (Å²) in [7, 11) is 0. The third kappa shape index (κ3) is 3.52. The van der Waals surface area contributed by atoms with Crippen LogP contribution in [0.25, 0.3) is 0 Å². The van der Waals surface area contributed by atoms with Gasteiger partial charge in [0, 0.05) is 18.7 Å². The molecule has 3 unspecified atom stereocenters. The number of rotatable bonds is 5. The van der Waals surface area contributed by atoms with E-state index in [0.29, 0.717) is 11.5 Å².